The van der Waals surface area contributed by atoms with E-state index in [1.165, 1.54) is 7.05 Å². The number of halogens is 2. The van der Waals surface area contributed by atoms with Crippen molar-refractivity contribution in [2.24, 2.45) is 0 Å². The van der Waals surface area contributed by atoms with Gasteiger partial charge in [-0.05, 0) is 33.3 Å². The molecule has 0 aromatic heterocycles. The first-order chi connectivity index (χ1) is 16.3. The van der Waals surface area contributed by atoms with Gasteiger partial charge in [-0.15, -0.1) is 0 Å². The Morgan fingerprint density at radius 1 is 1.14 bits per heavy atom. The van der Waals surface area contributed by atoms with Crippen LogP contribution in [-0.2, 0) is 14.2 Å². The highest BCUT2D eigenvalue weighted by molar-refractivity contribution is 5.75. The first-order valence-electron chi connectivity index (χ1n) is 11.6. The van der Waals surface area contributed by atoms with Crippen LogP contribution in [0, 0.1) is 0 Å². The average molecular weight is 514 g/mol. The minimum Gasteiger partial charge on any atom is -0.450 e. The van der Waals surface area contributed by atoms with Gasteiger partial charge in [0.05, 0.1) is 12.2 Å². The summed E-state index contributed by atoms with van der Waals surface area (Å²) >= 11 is 0. The van der Waals surface area contributed by atoms with Gasteiger partial charge >= 0.3 is 18.0 Å². The van der Waals surface area contributed by atoms with Crippen LogP contribution in [-0.4, -0.2) is 89.5 Å². The van der Waals surface area contributed by atoms with E-state index in [-0.39, 0.29) is 13.2 Å². The molecule has 35 heavy (non-hydrogen) atoms. The average Bonchev–Trinajstić information content (AvgIpc) is 2.76. The maximum Gasteiger partial charge on any atom is 0.407 e. The summed E-state index contributed by atoms with van der Waals surface area (Å²) in [4.78, 5) is 24.1. The van der Waals surface area contributed by atoms with E-state index < -0.39 is 55.5 Å². The number of carbonyl (C=O) groups is 2. The van der Waals surface area contributed by atoms with Crippen molar-refractivity contribution < 1.29 is 47.9 Å². The second-order valence-electron chi connectivity index (χ2n) is 8.65. The van der Waals surface area contributed by atoms with E-state index in [9.17, 15) is 24.9 Å². The van der Waals surface area contributed by atoms with E-state index in [1.54, 1.807) is 20.8 Å². The Hall–Kier alpha value is -2.06. The largest absolute Gasteiger partial charge is 0.450 e. The summed E-state index contributed by atoms with van der Waals surface area (Å²) in [5.41, 5.74) is -0.933. The van der Waals surface area contributed by atoms with Gasteiger partial charge in [0, 0.05) is 32.8 Å². The van der Waals surface area contributed by atoms with Gasteiger partial charge < -0.3 is 40.2 Å². The molecule has 11 nitrogen and oxygen atoms in total. The third-order valence-electron chi connectivity index (χ3n) is 4.47. The molecule has 0 aromatic carbocycles. The van der Waals surface area contributed by atoms with Gasteiger partial charge in [-0.2, -0.15) is 8.78 Å². The molecule has 3 atom stereocenters. The molecule has 206 valence electrons. The lowest BCUT2D eigenvalue weighted by Crippen LogP contribution is -2.57. The van der Waals surface area contributed by atoms with Gasteiger partial charge in [-0.1, -0.05) is 26.2 Å². The normalized spacial score (nSPS) is 14.9. The van der Waals surface area contributed by atoms with Crippen LogP contribution >= 0.6 is 0 Å². The molecule has 1 unspecified atom stereocenters. The summed E-state index contributed by atoms with van der Waals surface area (Å²) in [5, 5.41) is 33.9. The van der Waals surface area contributed by atoms with Crippen molar-refractivity contribution in [3.63, 3.8) is 0 Å². The fraction of sp³-hybridized carbons (Fsp3) is 0.818. The summed E-state index contributed by atoms with van der Waals surface area (Å²) in [6, 6.07) is -1.08. The molecule has 0 saturated heterocycles. The minimum absolute atomic E-state index is 0.172. The van der Waals surface area contributed by atoms with E-state index >= 15 is 8.78 Å². The Morgan fingerprint density at radius 2 is 1.80 bits per heavy atom. The number of nitrogens with zero attached hydrogens (tertiary/aromatic N) is 1. The second kappa shape index (κ2) is 16.6. The molecule has 0 aliphatic heterocycles. The first-order valence-corrected chi connectivity index (χ1v) is 11.6. The van der Waals surface area contributed by atoms with Crippen LogP contribution in [0.5, 0.6) is 0 Å². The third kappa shape index (κ3) is 13.6. The molecule has 3 amide bonds. The maximum atomic E-state index is 15.1. The zero-order valence-corrected chi connectivity index (χ0v) is 21.1. The number of hydrogen-bond donors (Lipinski definition) is 5. The van der Waals surface area contributed by atoms with Crippen molar-refractivity contribution in [3.05, 3.63) is 12.3 Å². The van der Waals surface area contributed by atoms with Crippen molar-refractivity contribution >= 4 is 12.1 Å². The lowest BCUT2D eigenvalue weighted by Gasteiger charge is -2.36. The summed E-state index contributed by atoms with van der Waals surface area (Å²) < 4.78 is 45.0. The van der Waals surface area contributed by atoms with E-state index in [2.05, 4.69) is 17.6 Å². The SMILES string of the molecule is CCCCCCOC(=O)NC/C=C\N(C(=O)NC)[C@H](O)C(F)(F)[C@@H](CCO)OC(O)OC(C)(C)C. The molecule has 0 aliphatic rings. The molecule has 0 rings (SSSR count). The molecule has 0 spiro atoms. The standard InChI is InChI=1S/C22H41F2N3O8/c1-6-7-8-9-15-33-19(31)26-12-10-13-27(18(30)25-5)17(29)22(23,24)16(11-14-28)34-20(32)35-21(2,3)4/h10,13,16-17,20,28-29,32H,6-9,11-12,14-15H2,1-5H3,(H,25,30)(H,26,31)/b13-10-/t16-,17-,20?/m1/s1. The van der Waals surface area contributed by atoms with Crippen LogP contribution in [0.3, 0.4) is 0 Å². The monoisotopic (exact) mass is 513 g/mol. The highest BCUT2D eigenvalue weighted by Crippen LogP contribution is 2.31. The number of aliphatic hydroxyl groups is 3. The summed E-state index contributed by atoms with van der Waals surface area (Å²) in [6.45, 7) is 3.96. The number of nitrogens with one attached hydrogen (secondary N) is 2. The van der Waals surface area contributed by atoms with Gasteiger partial charge in [-0.3, -0.25) is 4.90 Å². The van der Waals surface area contributed by atoms with Gasteiger partial charge in [-0.25, -0.2) is 9.59 Å². The molecule has 0 fully saturated rings. The predicted molar refractivity (Wildman–Crippen MR) is 123 cm³/mol. The smallest absolute Gasteiger partial charge is 0.407 e. The molecule has 0 heterocycles. The van der Waals surface area contributed by atoms with Crippen molar-refractivity contribution in [3.8, 4) is 0 Å². The highest BCUT2D eigenvalue weighted by atomic mass is 19.3. The van der Waals surface area contributed by atoms with Crippen LogP contribution in [0.1, 0.15) is 59.8 Å². The molecule has 0 bridgehead atoms. The van der Waals surface area contributed by atoms with Crippen LogP contribution < -0.4 is 10.6 Å². The number of rotatable bonds is 16. The number of hydrogen-bond acceptors (Lipinski definition) is 8. The van der Waals surface area contributed by atoms with Crippen molar-refractivity contribution in [1.29, 1.82) is 0 Å². The Morgan fingerprint density at radius 3 is 2.34 bits per heavy atom. The number of carbonyl (C=O) groups excluding carboxylic acids is 2. The molecular weight excluding hydrogens is 472 g/mol. The van der Waals surface area contributed by atoms with Gasteiger partial charge in [0.25, 0.3) is 6.48 Å². The highest BCUT2D eigenvalue weighted by Gasteiger charge is 2.51. The number of ether oxygens (including phenoxy) is 3. The van der Waals surface area contributed by atoms with Crippen molar-refractivity contribution in [2.75, 3.05) is 26.8 Å². The van der Waals surface area contributed by atoms with Gasteiger partial charge in [0.15, 0.2) is 0 Å². The Kier molecular flexibility index (Phi) is 15.6. The number of alkyl halides is 2. The molecule has 0 radical (unpaired) electrons. The number of alkyl carbamates (subject to hydrolysis) is 1. The predicted octanol–water partition coefficient (Wildman–Crippen LogP) is 2.26. The summed E-state index contributed by atoms with van der Waals surface area (Å²) in [7, 11) is 1.17. The molecule has 0 saturated carbocycles. The van der Waals surface area contributed by atoms with E-state index in [0.717, 1.165) is 38.0 Å². The van der Waals surface area contributed by atoms with Gasteiger partial charge in [0.1, 0.15) is 6.10 Å². The van der Waals surface area contributed by atoms with Crippen molar-refractivity contribution in [2.45, 2.75) is 90.1 Å². The summed E-state index contributed by atoms with van der Waals surface area (Å²) in [5.74, 6) is -4.15. The zero-order chi connectivity index (χ0) is 27.1. The van der Waals surface area contributed by atoms with Crippen molar-refractivity contribution in [1.82, 2.24) is 15.5 Å². The molecule has 5 N–H and O–H groups in total. The van der Waals surface area contributed by atoms with Gasteiger partial charge in [0.2, 0.25) is 6.23 Å². The fourth-order valence-corrected chi connectivity index (χ4v) is 2.73. The first kappa shape index (κ1) is 32.9. The summed E-state index contributed by atoms with van der Waals surface area (Å²) in [6.07, 6.45) is -0.608. The fourth-order valence-electron chi connectivity index (χ4n) is 2.73. The Bertz CT molecular complexity index is 647. The number of urea groups is 1. The quantitative estimate of drug-likeness (QED) is 0.156. The Balaban J connectivity index is 5.20. The number of aliphatic hydroxyl groups excluding tert-OH is 3. The van der Waals surface area contributed by atoms with E-state index in [0.29, 0.717) is 4.90 Å². The van der Waals surface area contributed by atoms with Crippen LogP contribution in [0.15, 0.2) is 12.3 Å². The maximum absolute atomic E-state index is 15.1. The van der Waals surface area contributed by atoms with Crippen LogP contribution in [0.4, 0.5) is 18.4 Å². The topological polar surface area (TPSA) is 150 Å². The minimum atomic E-state index is -4.15. The third-order valence-corrected chi connectivity index (χ3v) is 4.47. The lowest BCUT2D eigenvalue weighted by molar-refractivity contribution is -0.347. The van der Waals surface area contributed by atoms with E-state index in [1.807, 2.05) is 0 Å². The van der Waals surface area contributed by atoms with Crippen LogP contribution in [0.25, 0.3) is 0 Å². The van der Waals surface area contributed by atoms with Crippen LogP contribution in [0.2, 0.25) is 0 Å². The number of unbranched alkanes of at least 4 members (excludes halogenated alkanes) is 3. The molecule has 13 heteroatoms. The molecule has 0 aromatic rings. The Labute approximate surface area is 205 Å². The lowest BCUT2D eigenvalue weighted by atomic mass is 10.1. The number of amides is 3. The molecule has 0 aliphatic carbocycles. The zero-order valence-electron chi connectivity index (χ0n) is 21.1. The van der Waals surface area contributed by atoms with E-state index in [4.69, 9.17) is 14.2 Å². The second-order valence-corrected chi connectivity index (χ2v) is 8.65. The molecular formula is C22H41F2N3O8.